The van der Waals surface area contributed by atoms with Crippen LogP contribution in [-0.2, 0) is 7.05 Å². The Kier molecular flexibility index (Phi) is 4.27. The summed E-state index contributed by atoms with van der Waals surface area (Å²) in [7, 11) is 2.02. The zero-order valence-corrected chi connectivity index (χ0v) is 15.4. The van der Waals surface area contributed by atoms with Crippen LogP contribution in [0.25, 0.3) is 21.8 Å². The Balaban J connectivity index is 1.64. The van der Waals surface area contributed by atoms with Gasteiger partial charge in [0.2, 0.25) is 0 Å². The van der Waals surface area contributed by atoms with E-state index < -0.39 is 14.8 Å². The van der Waals surface area contributed by atoms with Gasteiger partial charge in [-0.15, -0.1) is 0 Å². The predicted molar refractivity (Wildman–Crippen MR) is 99.7 cm³/mol. The van der Waals surface area contributed by atoms with Crippen LogP contribution in [0.5, 0.6) is 11.5 Å². The zero-order chi connectivity index (χ0) is 17.2. The quantitative estimate of drug-likeness (QED) is 0.417. The van der Waals surface area contributed by atoms with Gasteiger partial charge in [0.05, 0.1) is 5.39 Å². The van der Waals surface area contributed by atoms with Crippen molar-refractivity contribution >= 4 is 36.6 Å². The van der Waals surface area contributed by atoms with E-state index in [1.54, 1.807) is 6.20 Å². The topological polar surface area (TPSA) is 35.2 Å². The molecule has 5 heteroatoms. The Morgan fingerprint density at radius 1 is 0.840 bits per heavy atom. The molecule has 0 fully saturated rings. The van der Waals surface area contributed by atoms with Crippen molar-refractivity contribution in [3.8, 4) is 11.5 Å². The lowest BCUT2D eigenvalue weighted by Crippen LogP contribution is -2.31. The van der Waals surface area contributed by atoms with Gasteiger partial charge in [0.25, 0.3) is 5.52 Å². The summed E-state index contributed by atoms with van der Waals surface area (Å²) in [5.41, 5.74) is 1.94. The van der Waals surface area contributed by atoms with Crippen LogP contribution in [0.3, 0.4) is 0 Å². The second-order valence-corrected chi connectivity index (χ2v) is 7.55. The maximum Gasteiger partial charge on any atom is 0.853 e. The van der Waals surface area contributed by atoms with Gasteiger partial charge >= 0.3 is 14.8 Å². The average molecular weight is 345 g/mol. The molecule has 0 aliphatic rings. The largest absolute Gasteiger partial charge is 0.853 e. The van der Waals surface area contributed by atoms with Crippen molar-refractivity contribution in [1.29, 1.82) is 0 Å². The molecule has 4 nitrogen and oxygen atoms in total. The molecule has 0 atom stereocenters. The molecular weight excluding hydrogens is 327 g/mol. The van der Waals surface area contributed by atoms with Crippen molar-refractivity contribution < 1.29 is 12.1 Å². The van der Waals surface area contributed by atoms with Crippen LogP contribution in [0, 0.1) is 0 Å². The molecule has 0 amide bonds. The Morgan fingerprint density at radius 3 is 2.40 bits per heavy atom. The van der Waals surface area contributed by atoms with Crippen LogP contribution >= 0.6 is 0 Å². The van der Waals surface area contributed by atoms with Gasteiger partial charge in [-0.3, -0.25) is 4.98 Å². The standard InChI is InChI=1S/C10H9NO.C9H7NO.CH3.Al/c1-11-7-3-5-8-4-2-6-9(12)10(8)11;11-8-5-1-3-7-4-2-6-10-9(7)8;;/h2-7H,1H3;1-6,11H;1H3;/q;;;+2/p-1. The first kappa shape index (κ1) is 15.9. The van der Waals surface area contributed by atoms with Crippen molar-refractivity contribution in [1.82, 2.24) is 4.98 Å². The third kappa shape index (κ3) is 3.17. The van der Waals surface area contributed by atoms with E-state index in [4.69, 9.17) is 7.58 Å². The number of aryl methyl sites for hydroxylation is 1. The molecule has 122 valence electrons. The van der Waals surface area contributed by atoms with E-state index in [0.29, 0.717) is 0 Å². The first-order valence-electron chi connectivity index (χ1n) is 8.27. The van der Waals surface area contributed by atoms with E-state index in [1.807, 2.05) is 67.6 Å². The molecule has 0 aliphatic heterocycles. The normalized spacial score (nSPS) is 10.8. The summed E-state index contributed by atoms with van der Waals surface area (Å²) in [6.45, 7) is 0. The predicted octanol–water partition coefficient (Wildman–Crippen LogP) is 3.79. The highest BCUT2D eigenvalue weighted by Gasteiger charge is 2.27. The molecule has 0 aliphatic carbocycles. The highest BCUT2D eigenvalue weighted by Crippen LogP contribution is 2.26. The fourth-order valence-corrected chi connectivity index (χ4v) is 4.19. The molecule has 0 unspecified atom stereocenters. The van der Waals surface area contributed by atoms with Crippen LogP contribution < -0.4 is 12.1 Å². The number of hydrogen-bond donors (Lipinski definition) is 0. The highest BCUT2D eigenvalue weighted by molar-refractivity contribution is 6.44. The second kappa shape index (κ2) is 6.72. The van der Waals surface area contributed by atoms with E-state index in [-0.39, 0.29) is 0 Å². The fourth-order valence-electron chi connectivity index (χ4n) is 3.05. The number of fused-ring (bicyclic) bond motifs is 2. The molecule has 2 aromatic carbocycles. The molecule has 2 aromatic heterocycles. The van der Waals surface area contributed by atoms with Gasteiger partial charge in [0.1, 0.15) is 18.3 Å². The summed E-state index contributed by atoms with van der Waals surface area (Å²) in [6.07, 6.45) is 3.81. The Bertz CT molecular complexity index is 1040. The molecule has 0 bridgehead atoms. The minimum Gasteiger partial charge on any atom is -0.610 e. The molecule has 4 aromatic rings. The van der Waals surface area contributed by atoms with Gasteiger partial charge in [-0.05, 0) is 36.1 Å². The van der Waals surface area contributed by atoms with Crippen LogP contribution in [-0.4, -0.2) is 19.8 Å². The number of pyridine rings is 2. The summed E-state index contributed by atoms with van der Waals surface area (Å²) in [5, 5.41) is 2.22. The monoisotopic (exact) mass is 345 g/mol. The van der Waals surface area contributed by atoms with Crippen molar-refractivity contribution in [2.75, 3.05) is 0 Å². The maximum atomic E-state index is 6.23. The molecular formula is C20H18AlN2O2+. The van der Waals surface area contributed by atoms with Gasteiger partial charge in [-0.25, -0.2) is 0 Å². The van der Waals surface area contributed by atoms with Gasteiger partial charge in [0, 0.05) is 17.6 Å². The van der Waals surface area contributed by atoms with Crippen LogP contribution in [0.2, 0.25) is 5.79 Å². The van der Waals surface area contributed by atoms with Gasteiger partial charge in [-0.1, -0.05) is 24.3 Å². The van der Waals surface area contributed by atoms with E-state index in [1.165, 1.54) is 0 Å². The van der Waals surface area contributed by atoms with Gasteiger partial charge in [-0.2, -0.15) is 4.57 Å². The lowest BCUT2D eigenvalue weighted by Gasteiger charge is -2.15. The fraction of sp³-hybridized carbons (Fsp3) is 0.100. The lowest BCUT2D eigenvalue weighted by atomic mass is 10.2. The van der Waals surface area contributed by atoms with E-state index in [9.17, 15) is 0 Å². The Hall–Kier alpha value is -2.61. The zero-order valence-electron chi connectivity index (χ0n) is 14.2. The molecule has 0 saturated heterocycles. The number of hydrogen-bond acceptors (Lipinski definition) is 3. The van der Waals surface area contributed by atoms with Crippen LogP contribution in [0.15, 0.2) is 73.1 Å². The minimum atomic E-state index is -1.94. The molecule has 4 rings (SSSR count). The first-order chi connectivity index (χ1) is 12.2. The van der Waals surface area contributed by atoms with E-state index in [2.05, 4.69) is 21.7 Å². The lowest BCUT2D eigenvalue weighted by molar-refractivity contribution is -0.645. The number of benzene rings is 2. The minimum absolute atomic E-state index is 0.780. The number of rotatable bonds is 4. The maximum absolute atomic E-state index is 6.23. The first-order valence-corrected chi connectivity index (χ1v) is 10.4. The molecule has 25 heavy (non-hydrogen) atoms. The molecule has 0 radical (unpaired) electrons. The molecule has 0 N–H and O–H groups in total. The van der Waals surface area contributed by atoms with Crippen LogP contribution in [0.4, 0.5) is 0 Å². The summed E-state index contributed by atoms with van der Waals surface area (Å²) >= 11 is -1.94. The van der Waals surface area contributed by atoms with E-state index >= 15 is 0 Å². The van der Waals surface area contributed by atoms with Gasteiger partial charge < -0.3 is 7.58 Å². The third-order valence-electron chi connectivity index (χ3n) is 4.15. The average Bonchev–Trinajstić information content (AvgIpc) is 2.62. The molecule has 2 heterocycles. The van der Waals surface area contributed by atoms with Crippen molar-refractivity contribution in [3.05, 3.63) is 73.1 Å². The second-order valence-electron chi connectivity index (χ2n) is 5.95. The summed E-state index contributed by atoms with van der Waals surface area (Å²) in [4.78, 5) is 4.44. The van der Waals surface area contributed by atoms with Crippen molar-refractivity contribution in [2.24, 2.45) is 7.05 Å². The van der Waals surface area contributed by atoms with Crippen molar-refractivity contribution in [3.63, 3.8) is 0 Å². The third-order valence-corrected chi connectivity index (χ3v) is 5.32. The van der Waals surface area contributed by atoms with Crippen LogP contribution in [0.1, 0.15) is 0 Å². The summed E-state index contributed by atoms with van der Waals surface area (Å²) in [6, 6.07) is 20.1. The number of para-hydroxylation sites is 2. The smallest absolute Gasteiger partial charge is 0.610 e. The Labute approximate surface area is 151 Å². The Morgan fingerprint density at radius 2 is 1.52 bits per heavy atom. The van der Waals surface area contributed by atoms with Gasteiger partial charge in [0.15, 0.2) is 11.9 Å². The number of nitrogens with zero attached hydrogens (tertiary/aromatic N) is 2. The summed E-state index contributed by atoms with van der Waals surface area (Å²) < 4.78 is 14.5. The number of aromatic nitrogens is 2. The summed E-state index contributed by atoms with van der Waals surface area (Å²) in [5.74, 6) is 3.67. The molecule has 0 saturated carbocycles. The SMILES string of the molecule is C[n+]1cccc2cccc([O][Al]([CH3])[O]c3cccc4cccnc34)c21. The molecule has 0 spiro atoms. The van der Waals surface area contributed by atoms with E-state index in [0.717, 1.165) is 33.3 Å². The highest BCUT2D eigenvalue weighted by atomic mass is 27.2. The van der Waals surface area contributed by atoms with Crippen molar-refractivity contribution in [2.45, 2.75) is 5.79 Å².